The molecule has 3 rings (SSSR count). The Morgan fingerprint density at radius 2 is 1.76 bits per heavy atom. The molecule has 0 saturated heterocycles. The van der Waals surface area contributed by atoms with Gasteiger partial charge in [-0.25, -0.2) is 4.68 Å². The smallest absolute Gasteiger partial charge is 0.266 e. The number of ether oxygens (including phenoxy) is 2. The maximum absolute atomic E-state index is 12.8. The fourth-order valence-corrected chi connectivity index (χ4v) is 1.63. The lowest BCUT2D eigenvalue weighted by Crippen LogP contribution is -1.99. The predicted molar refractivity (Wildman–Crippen MR) is 57.6 cm³/mol. The number of halogens is 1. The fraction of sp³-hybridized carbons (Fsp3) is 0.0833. The summed E-state index contributed by atoms with van der Waals surface area (Å²) in [6.45, 7) is 0. The van der Waals surface area contributed by atoms with Gasteiger partial charge in [-0.05, 0) is 24.3 Å². The highest BCUT2D eigenvalue weighted by atomic mass is 19.1. The van der Waals surface area contributed by atoms with Gasteiger partial charge >= 0.3 is 0 Å². The van der Waals surface area contributed by atoms with Gasteiger partial charge in [0.2, 0.25) is 5.95 Å². The van der Waals surface area contributed by atoms with Crippen molar-refractivity contribution in [2.45, 2.75) is 6.29 Å². The summed E-state index contributed by atoms with van der Waals surface area (Å²) in [5.74, 6) is -0.499. The Balaban J connectivity index is 1.84. The number of nitrogens with zero attached hydrogens (tertiary/aromatic N) is 2. The molecule has 1 aromatic carbocycles. The van der Waals surface area contributed by atoms with E-state index in [1.54, 1.807) is 6.20 Å². The lowest BCUT2D eigenvalue weighted by molar-refractivity contribution is -0.0245. The van der Waals surface area contributed by atoms with Crippen LogP contribution in [0.2, 0.25) is 0 Å². The van der Waals surface area contributed by atoms with Crippen molar-refractivity contribution in [3.05, 3.63) is 60.6 Å². The number of rotatable bonds is 2. The number of benzene rings is 1. The van der Waals surface area contributed by atoms with Gasteiger partial charge < -0.3 is 9.47 Å². The van der Waals surface area contributed by atoms with E-state index in [1.807, 2.05) is 24.3 Å². The van der Waals surface area contributed by atoms with Crippen LogP contribution in [0.1, 0.15) is 11.9 Å². The molecule has 1 aliphatic heterocycles. The molecule has 4 nitrogen and oxygen atoms in total. The molecule has 86 valence electrons. The largest absolute Gasteiger partial charge is 0.455 e. The van der Waals surface area contributed by atoms with Crippen LogP contribution in [0.4, 0.5) is 4.39 Å². The number of hydrogen-bond acceptors (Lipinski definition) is 3. The molecule has 0 fully saturated rings. The maximum atomic E-state index is 12.8. The summed E-state index contributed by atoms with van der Waals surface area (Å²) >= 11 is 0. The minimum atomic E-state index is -0.499. The van der Waals surface area contributed by atoms with E-state index < -0.39 is 12.2 Å². The quantitative estimate of drug-likeness (QED) is 0.798. The third-order valence-corrected chi connectivity index (χ3v) is 2.45. The van der Waals surface area contributed by atoms with E-state index in [4.69, 9.17) is 9.47 Å². The first kappa shape index (κ1) is 9.89. The van der Waals surface area contributed by atoms with Crippen molar-refractivity contribution in [2.75, 3.05) is 0 Å². The minimum Gasteiger partial charge on any atom is -0.455 e. The molecule has 0 saturated carbocycles. The first-order chi connectivity index (χ1) is 8.33. The standard InChI is InChI=1S/C12H9FN2O2/c13-11-5-6-15(14-11)10-3-1-9(2-4-10)12-16-7-8-17-12/h1-8,12H. The van der Waals surface area contributed by atoms with Crippen molar-refractivity contribution in [1.82, 2.24) is 9.78 Å². The Labute approximate surface area is 96.9 Å². The first-order valence-corrected chi connectivity index (χ1v) is 5.10. The third-order valence-electron chi connectivity index (χ3n) is 2.45. The Kier molecular flexibility index (Phi) is 2.29. The molecule has 0 spiro atoms. The van der Waals surface area contributed by atoms with Gasteiger partial charge in [-0.1, -0.05) is 0 Å². The van der Waals surface area contributed by atoms with Crippen LogP contribution in [0.15, 0.2) is 49.1 Å². The lowest BCUT2D eigenvalue weighted by atomic mass is 10.2. The molecule has 1 aliphatic rings. The topological polar surface area (TPSA) is 36.3 Å². The zero-order valence-corrected chi connectivity index (χ0v) is 8.79. The van der Waals surface area contributed by atoms with E-state index in [1.165, 1.54) is 23.3 Å². The van der Waals surface area contributed by atoms with E-state index in [2.05, 4.69) is 5.10 Å². The summed E-state index contributed by atoms with van der Waals surface area (Å²) in [7, 11) is 0. The number of hydrogen-bond donors (Lipinski definition) is 0. The summed E-state index contributed by atoms with van der Waals surface area (Å²) in [4.78, 5) is 0. The zero-order valence-electron chi connectivity index (χ0n) is 8.79. The van der Waals surface area contributed by atoms with Crippen molar-refractivity contribution in [2.24, 2.45) is 0 Å². The molecule has 2 aromatic rings. The Hall–Kier alpha value is -2.30. The molecule has 0 N–H and O–H groups in total. The Morgan fingerprint density at radius 3 is 2.35 bits per heavy atom. The highest BCUT2D eigenvalue weighted by Gasteiger charge is 2.14. The molecule has 17 heavy (non-hydrogen) atoms. The van der Waals surface area contributed by atoms with Gasteiger partial charge in [-0.2, -0.15) is 4.39 Å². The van der Waals surface area contributed by atoms with E-state index >= 15 is 0 Å². The van der Waals surface area contributed by atoms with Gasteiger partial charge in [0.05, 0.1) is 5.69 Å². The van der Waals surface area contributed by atoms with Crippen LogP contribution in [-0.2, 0) is 9.47 Å². The normalized spacial score (nSPS) is 14.6. The molecule has 0 unspecified atom stereocenters. The molecule has 5 heteroatoms. The van der Waals surface area contributed by atoms with Crippen molar-refractivity contribution in [3.63, 3.8) is 0 Å². The second-order valence-corrected chi connectivity index (χ2v) is 3.55. The van der Waals surface area contributed by atoms with Crippen molar-refractivity contribution in [3.8, 4) is 5.69 Å². The summed E-state index contributed by atoms with van der Waals surface area (Å²) in [5, 5.41) is 3.68. The van der Waals surface area contributed by atoms with Crippen LogP contribution in [0.3, 0.4) is 0 Å². The van der Waals surface area contributed by atoms with Gasteiger partial charge in [0.1, 0.15) is 12.5 Å². The van der Waals surface area contributed by atoms with E-state index in [0.29, 0.717) is 0 Å². The molecule has 0 aliphatic carbocycles. The van der Waals surface area contributed by atoms with Crippen LogP contribution in [-0.4, -0.2) is 9.78 Å². The highest BCUT2D eigenvalue weighted by Crippen LogP contribution is 2.24. The maximum Gasteiger partial charge on any atom is 0.266 e. The van der Waals surface area contributed by atoms with Crippen LogP contribution < -0.4 is 0 Å². The van der Waals surface area contributed by atoms with Gasteiger partial charge in [-0.15, -0.1) is 5.10 Å². The average molecular weight is 232 g/mol. The van der Waals surface area contributed by atoms with Gasteiger partial charge in [0.15, 0.2) is 0 Å². The van der Waals surface area contributed by atoms with E-state index in [-0.39, 0.29) is 0 Å². The number of aromatic nitrogens is 2. The molecule has 0 atom stereocenters. The van der Waals surface area contributed by atoms with Gasteiger partial charge in [0.25, 0.3) is 6.29 Å². The van der Waals surface area contributed by atoms with Crippen LogP contribution in [0, 0.1) is 5.95 Å². The van der Waals surface area contributed by atoms with E-state index in [0.717, 1.165) is 11.3 Å². The first-order valence-electron chi connectivity index (χ1n) is 5.10. The molecule has 0 radical (unpaired) electrons. The molecular formula is C12H9FN2O2. The summed E-state index contributed by atoms with van der Waals surface area (Å²) in [6, 6.07) is 8.67. The van der Waals surface area contributed by atoms with E-state index in [9.17, 15) is 4.39 Å². The minimum absolute atomic E-state index is 0.390. The molecule has 0 bridgehead atoms. The SMILES string of the molecule is Fc1ccn(-c2ccc(C3OC=CO3)cc2)n1. The van der Waals surface area contributed by atoms with Crippen molar-refractivity contribution >= 4 is 0 Å². The lowest BCUT2D eigenvalue weighted by Gasteiger charge is -2.10. The summed E-state index contributed by atoms with van der Waals surface area (Å²) < 4.78 is 24.6. The Morgan fingerprint density at radius 1 is 1.06 bits per heavy atom. The second kappa shape index (κ2) is 3.93. The third kappa shape index (κ3) is 1.87. The van der Waals surface area contributed by atoms with Crippen LogP contribution in [0.25, 0.3) is 5.69 Å². The Bertz CT molecular complexity index is 540. The second-order valence-electron chi connectivity index (χ2n) is 3.55. The zero-order chi connectivity index (χ0) is 11.7. The highest BCUT2D eigenvalue weighted by molar-refractivity contribution is 5.34. The molecule has 0 amide bonds. The van der Waals surface area contributed by atoms with Crippen molar-refractivity contribution in [1.29, 1.82) is 0 Å². The summed E-state index contributed by atoms with van der Waals surface area (Å²) in [6.07, 6.45) is 4.18. The average Bonchev–Trinajstić information content (AvgIpc) is 3.00. The molecular weight excluding hydrogens is 223 g/mol. The van der Waals surface area contributed by atoms with Gasteiger partial charge in [0, 0.05) is 17.8 Å². The monoisotopic (exact) mass is 232 g/mol. The van der Waals surface area contributed by atoms with Crippen LogP contribution in [0.5, 0.6) is 0 Å². The fourth-order valence-electron chi connectivity index (χ4n) is 1.63. The van der Waals surface area contributed by atoms with Crippen molar-refractivity contribution < 1.29 is 13.9 Å². The van der Waals surface area contributed by atoms with Crippen LogP contribution >= 0.6 is 0 Å². The predicted octanol–water partition coefficient (Wildman–Crippen LogP) is 2.53. The summed E-state index contributed by atoms with van der Waals surface area (Å²) in [5.41, 5.74) is 1.68. The van der Waals surface area contributed by atoms with Gasteiger partial charge in [-0.3, -0.25) is 0 Å². The molecule has 2 heterocycles. The molecule has 1 aromatic heterocycles.